The highest BCUT2D eigenvalue weighted by atomic mass is 16.2. The zero-order valence-electron chi connectivity index (χ0n) is 17.5. The number of aryl methyl sites for hydroxylation is 2. The largest absolute Gasteiger partial charge is 0.337 e. The molecule has 1 amide bonds. The Morgan fingerprint density at radius 1 is 1.03 bits per heavy atom. The van der Waals surface area contributed by atoms with Gasteiger partial charge in [-0.2, -0.15) is 5.10 Å². The number of nitrogens with zero attached hydrogens (tertiary/aromatic N) is 4. The molecule has 0 saturated carbocycles. The average molecular weight is 412 g/mol. The molecule has 4 aromatic rings. The van der Waals surface area contributed by atoms with Crippen molar-refractivity contribution in [1.82, 2.24) is 24.6 Å². The lowest BCUT2D eigenvalue weighted by atomic mass is 9.95. The number of imidazole rings is 1. The van der Waals surface area contributed by atoms with Gasteiger partial charge in [-0.15, -0.1) is 0 Å². The van der Waals surface area contributed by atoms with E-state index < -0.39 is 0 Å². The lowest BCUT2D eigenvalue weighted by molar-refractivity contribution is 0.0739. The molecule has 2 aromatic heterocycles. The summed E-state index contributed by atoms with van der Waals surface area (Å²) in [7, 11) is 0. The molecule has 2 aromatic carbocycles. The number of benzene rings is 2. The van der Waals surface area contributed by atoms with E-state index in [2.05, 4.69) is 46.4 Å². The van der Waals surface area contributed by atoms with Crippen molar-refractivity contribution in [3.8, 4) is 11.3 Å². The van der Waals surface area contributed by atoms with Crippen LogP contribution in [0.15, 0.2) is 73.3 Å². The first-order valence-electron chi connectivity index (χ1n) is 10.8. The zero-order chi connectivity index (χ0) is 21.2. The number of aromatic amines is 1. The number of carbonyl (C=O) groups excluding carboxylic acids is 1. The minimum absolute atomic E-state index is 0.0138. The molecule has 1 atom stereocenters. The second-order valence-electron chi connectivity index (χ2n) is 7.88. The molecule has 0 aliphatic carbocycles. The molecule has 0 saturated heterocycles. The van der Waals surface area contributed by atoms with E-state index in [0.717, 1.165) is 41.8 Å². The molecule has 3 heterocycles. The van der Waals surface area contributed by atoms with Crippen LogP contribution in [0.2, 0.25) is 0 Å². The average Bonchev–Trinajstić information content (AvgIpc) is 3.54. The first-order valence-corrected chi connectivity index (χ1v) is 10.8. The third kappa shape index (κ3) is 3.54. The highest BCUT2D eigenvalue weighted by Crippen LogP contribution is 2.42. The van der Waals surface area contributed by atoms with Crippen molar-refractivity contribution in [3.05, 3.63) is 95.7 Å². The van der Waals surface area contributed by atoms with Gasteiger partial charge in [0.2, 0.25) is 0 Å². The van der Waals surface area contributed by atoms with Crippen LogP contribution in [0.5, 0.6) is 0 Å². The molecule has 1 aliphatic rings. The molecule has 0 bridgehead atoms. The van der Waals surface area contributed by atoms with E-state index in [4.69, 9.17) is 0 Å². The summed E-state index contributed by atoms with van der Waals surface area (Å²) in [6.45, 7) is 3.63. The third-order valence-corrected chi connectivity index (χ3v) is 5.99. The lowest BCUT2D eigenvalue weighted by Gasteiger charge is -2.26. The van der Waals surface area contributed by atoms with Gasteiger partial charge < -0.3 is 9.47 Å². The van der Waals surface area contributed by atoms with E-state index in [-0.39, 0.29) is 11.9 Å². The molecule has 0 spiro atoms. The molecule has 0 radical (unpaired) electrons. The Morgan fingerprint density at radius 3 is 2.55 bits per heavy atom. The molecule has 156 valence electrons. The van der Waals surface area contributed by atoms with Gasteiger partial charge in [0.1, 0.15) is 5.69 Å². The molecular weight excluding hydrogens is 386 g/mol. The summed E-state index contributed by atoms with van der Waals surface area (Å²) in [5.41, 5.74) is 5.85. The molecule has 5 rings (SSSR count). The van der Waals surface area contributed by atoms with E-state index in [1.165, 1.54) is 5.56 Å². The number of carbonyl (C=O) groups is 1. The molecular formula is C25H25N5O. The predicted molar refractivity (Wildman–Crippen MR) is 120 cm³/mol. The molecule has 31 heavy (non-hydrogen) atoms. The Kier molecular flexibility index (Phi) is 5.12. The summed E-state index contributed by atoms with van der Waals surface area (Å²) >= 11 is 0. The molecule has 6 nitrogen and oxygen atoms in total. The maximum Gasteiger partial charge on any atom is 0.273 e. The minimum atomic E-state index is -0.148. The van der Waals surface area contributed by atoms with Crippen LogP contribution < -0.4 is 0 Å². The Balaban J connectivity index is 1.52. The van der Waals surface area contributed by atoms with E-state index in [1.54, 1.807) is 6.20 Å². The van der Waals surface area contributed by atoms with Gasteiger partial charge >= 0.3 is 0 Å². The monoisotopic (exact) mass is 411 g/mol. The summed E-state index contributed by atoms with van der Waals surface area (Å²) in [6.07, 6.45) is 7.38. The van der Waals surface area contributed by atoms with Crippen LogP contribution in [0.25, 0.3) is 11.3 Å². The summed E-state index contributed by atoms with van der Waals surface area (Å²) in [5.74, 6) is 0.0138. The number of hydrogen-bond acceptors (Lipinski definition) is 3. The smallest absolute Gasteiger partial charge is 0.273 e. The van der Waals surface area contributed by atoms with Gasteiger partial charge in [-0.05, 0) is 24.0 Å². The van der Waals surface area contributed by atoms with Crippen LogP contribution in [0.4, 0.5) is 0 Å². The first kappa shape index (κ1) is 19.3. The SMILES string of the molecule is CCc1ccc(C2c3c(-c4ccccc4)n[nH]c3C(=O)N2CCCn2ccnc2)cc1. The maximum atomic E-state index is 13.4. The van der Waals surface area contributed by atoms with Gasteiger partial charge in [0.05, 0.1) is 18.1 Å². The van der Waals surface area contributed by atoms with E-state index in [1.807, 2.05) is 52.3 Å². The first-order chi connectivity index (χ1) is 15.3. The fraction of sp³-hybridized carbons (Fsp3) is 0.240. The Labute approximate surface area is 181 Å². The van der Waals surface area contributed by atoms with Gasteiger partial charge in [-0.3, -0.25) is 9.89 Å². The molecule has 0 fully saturated rings. The second kappa shape index (κ2) is 8.22. The fourth-order valence-electron chi connectivity index (χ4n) is 4.37. The van der Waals surface area contributed by atoms with E-state index >= 15 is 0 Å². The number of nitrogens with one attached hydrogen (secondary N) is 1. The summed E-state index contributed by atoms with van der Waals surface area (Å²) in [5, 5.41) is 7.57. The van der Waals surface area contributed by atoms with Crippen LogP contribution in [0.3, 0.4) is 0 Å². The van der Waals surface area contributed by atoms with E-state index in [0.29, 0.717) is 12.2 Å². The van der Waals surface area contributed by atoms with E-state index in [9.17, 15) is 4.79 Å². The highest BCUT2D eigenvalue weighted by Gasteiger charge is 2.41. The Bertz CT molecular complexity index is 1160. The highest BCUT2D eigenvalue weighted by molar-refractivity contribution is 6.00. The molecule has 6 heteroatoms. The summed E-state index contributed by atoms with van der Waals surface area (Å²) in [6, 6.07) is 18.5. The number of aromatic nitrogens is 4. The van der Waals surface area contributed by atoms with Crippen molar-refractivity contribution in [2.24, 2.45) is 0 Å². The van der Waals surface area contributed by atoms with Gasteiger partial charge in [0.15, 0.2) is 0 Å². The van der Waals surface area contributed by atoms with Gasteiger partial charge in [0, 0.05) is 36.6 Å². The maximum absolute atomic E-state index is 13.4. The zero-order valence-corrected chi connectivity index (χ0v) is 17.5. The topological polar surface area (TPSA) is 66.8 Å². The van der Waals surface area contributed by atoms with Gasteiger partial charge in [-0.1, -0.05) is 61.5 Å². The van der Waals surface area contributed by atoms with Gasteiger partial charge in [-0.25, -0.2) is 4.98 Å². The van der Waals surface area contributed by atoms with Crippen LogP contribution in [0, 0.1) is 0 Å². The third-order valence-electron chi connectivity index (χ3n) is 5.99. The van der Waals surface area contributed by atoms with Crippen molar-refractivity contribution in [2.45, 2.75) is 32.4 Å². The molecule has 1 N–H and O–H groups in total. The van der Waals surface area contributed by atoms with Crippen molar-refractivity contribution >= 4 is 5.91 Å². The van der Waals surface area contributed by atoms with Crippen LogP contribution >= 0.6 is 0 Å². The summed E-state index contributed by atoms with van der Waals surface area (Å²) < 4.78 is 2.04. The van der Waals surface area contributed by atoms with Crippen LogP contribution in [0.1, 0.15) is 46.6 Å². The molecule has 1 aliphatic heterocycles. The van der Waals surface area contributed by atoms with Crippen molar-refractivity contribution in [1.29, 1.82) is 0 Å². The summed E-state index contributed by atoms with van der Waals surface area (Å²) in [4.78, 5) is 19.5. The number of rotatable bonds is 7. The van der Waals surface area contributed by atoms with Gasteiger partial charge in [0.25, 0.3) is 5.91 Å². The van der Waals surface area contributed by atoms with Crippen LogP contribution in [-0.2, 0) is 13.0 Å². The fourth-order valence-corrected chi connectivity index (χ4v) is 4.37. The normalized spacial score (nSPS) is 15.5. The molecule has 1 unspecified atom stereocenters. The van der Waals surface area contributed by atoms with Crippen molar-refractivity contribution < 1.29 is 4.79 Å². The standard InChI is InChI=1S/C25H25N5O/c1-2-18-9-11-20(12-10-18)24-21-22(19-7-4-3-5-8-19)27-28-23(21)25(31)30(24)15-6-14-29-16-13-26-17-29/h3-5,7-13,16-17,24H,2,6,14-15H2,1H3,(H,27,28). The number of H-pyrrole nitrogens is 1. The van der Waals surface area contributed by atoms with Crippen molar-refractivity contribution in [2.75, 3.05) is 6.54 Å². The quantitative estimate of drug-likeness (QED) is 0.488. The minimum Gasteiger partial charge on any atom is -0.337 e. The number of fused-ring (bicyclic) bond motifs is 1. The van der Waals surface area contributed by atoms with Crippen molar-refractivity contribution in [3.63, 3.8) is 0 Å². The second-order valence-corrected chi connectivity index (χ2v) is 7.88. The number of amides is 1. The Hall–Kier alpha value is -3.67. The Morgan fingerprint density at radius 2 is 1.84 bits per heavy atom. The predicted octanol–water partition coefficient (Wildman–Crippen LogP) is 4.47. The number of hydrogen-bond donors (Lipinski definition) is 1. The van der Waals surface area contributed by atoms with Crippen LogP contribution in [-0.4, -0.2) is 37.1 Å². The lowest BCUT2D eigenvalue weighted by Crippen LogP contribution is -2.31.